The Balaban J connectivity index is 2.67. The molecule has 0 radical (unpaired) electrons. The van der Waals surface area contributed by atoms with Crippen molar-refractivity contribution in [3.63, 3.8) is 0 Å². The Bertz CT molecular complexity index is 416. The molecule has 0 spiro atoms. The van der Waals surface area contributed by atoms with Crippen molar-refractivity contribution < 1.29 is 14.6 Å². The first kappa shape index (κ1) is 16.3. The van der Waals surface area contributed by atoms with Crippen molar-refractivity contribution in [3.8, 4) is 5.75 Å². The summed E-state index contributed by atoms with van der Waals surface area (Å²) in [5, 5.41) is 12.3. The number of carbonyl (C=O) groups is 1. The van der Waals surface area contributed by atoms with Crippen molar-refractivity contribution in [1.29, 1.82) is 0 Å². The number of ether oxygens (including phenoxy) is 1. The third-order valence-electron chi connectivity index (χ3n) is 2.76. The first-order valence-corrected chi connectivity index (χ1v) is 6.92. The first-order chi connectivity index (χ1) is 9.43. The van der Waals surface area contributed by atoms with Crippen molar-refractivity contribution in [2.75, 3.05) is 18.5 Å². The highest BCUT2D eigenvalue weighted by Crippen LogP contribution is 2.16. The van der Waals surface area contributed by atoms with Gasteiger partial charge in [0.05, 0.1) is 12.7 Å². The number of rotatable bonds is 6. The normalized spacial score (nSPS) is 12.1. The van der Waals surface area contributed by atoms with Gasteiger partial charge in [-0.2, -0.15) is 0 Å². The van der Waals surface area contributed by atoms with Crippen LogP contribution in [0.5, 0.6) is 5.75 Å². The van der Waals surface area contributed by atoms with Gasteiger partial charge in [0.1, 0.15) is 5.75 Å². The summed E-state index contributed by atoms with van der Waals surface area (Å²) in [6.45, 7) is 8.34. The third kappa shape index (κ3) is 5.09. The molecule has 0 aromatic heterocycles. The van der Waals surface area contributed by atoms with E-state index in [1.165, 1.54) is 0 Å². The van der Waals surface area contributed by atoms with Gasteiger partial charge in [0, 0.05) is 18.3 Å². The fraction of sp³-hybridized carbons (Fsp3) is 0.533. The van der Waals surface area contributed by atoms with Crippen molar-refractivity contribution in [1.82, 2.24) is 4.90 Å². The molecule has 2 amide bonds. The number of aliphatic hydroxyl groups excluding tert-OH is 1. The molecule has 1 atom stereocenters. The molecule has 0 aliphatic rings. The lowest BCUT2D eigenvalue weighted by Crippen LogP contribution is -2.43. The summed E-state index contributed by atoms with van der Waals surface area (Å²) in [4.78, 5) is 13.8. The minimum atomic E-state index is -0.552. The zero-order valence-corrected chi connectivity index (χ0v) is 12.6. The maximum atomic E-state index is 12.2. The lowest BCUT2D eigenvalue weighted by atomic mass is 10.2. The maximum absolute atomic E-state index is 12.2. The Kier molecular flexibility index (Phi) is 6.31. The smallest absolute Gasteiger partial charge is 0.322 e. The van der Waals surface area contributed by atoms with Crippen LogP contribution in [0.4, 0.5) is 10.5 Å². The van der Waals surface area contributed by atoms with Crippen LogP contribution in [0.15, 0.2) is 24.3 Å². The van der Waals surface area contributed by atoms with E-state index in [0.717, 1.165) is 5.75 Å². The summed E-state index contributed by atoms with van der Waals surface area (Å²) < 4.78 is 5.35. The van der Waals surface area contributed by atoms with E-state index in [-0.39, 0.29) is 12.1 Å². The van der Waals surface area contributed by atoms with Gasteiger partial charge in [0.15, 0.2) is 0 Å². The second kappa shape index (κ2) is 7.75. The molecule has 0 saturated carbocycles. The summed E-state index contributed by atoms with van der Waals surface area (Å²) >= 11 is 0. The Morgan fingerprint density at radius 2 is 1.90 bits per heavy atom. The van der Waals surface area contributed by atoms with E-state index in [1.807, 2.05) is 32.9 Å². The molecule has 0 aliphatic carbocycles. The van der Waals surface area contributed by atoms with Gasteiger partial charge in [0.2, 0.25) is 0 Å². The number of amides is 2. The second-order valence-electron chi connectivity index (χ2n) is 4.98. The molecule has 112 valence electrons. The highest BCUT2D eigenvalue weighted by molar-refractivity contribution is 5.89. The standard InChI is InChI=1S/C15H24N2O3/c1-5-20-14-8-6-13(7-9-14)16-15(19)17(11(2)3)10-12(4)18/h6-9,11-12,18H,5,10H2,1-4H3,(H,16,19). The van der Waals surface area contributed by atoms with Gasteiger partial charge < -0.3 is 20.1 Å². The van der Waals surface area contributed by atoms with Gasteiger partial charge in [-0.25, -0.2) is 4.79 Å². The molecule has 1 aromatic carbocycles. The predicted octanol–water partition coefficient (Wildman–Crippen LogP) is 2.71. The van der Waals surface area contributed by atoms with E-state index in [2.05, 4.69) is 5.32 Å². The third-order valence-corrected chi connectivity index (χ3v) is 2.76. The van der Waals surface area contributed by atoms with Crippen LogP contribution in [0, 0.1) is 0 Å². The van der Waals surface area contributed by atoms with E-state index in [9.17, 15) is 9.90 Å². The van der Waals surface area contributed by atoms with Crippen LogP contribution < -0.4 is 10.1 Å². The van der Waals surface area contributed by atoms with Gasteiger partial charge in [0.25, 0.3) is 0 Å². The molecule has 1 unspecified atom stereocenters. The number of nitrogens with one attached hydrogen (secondary N) is 1. The zero-order chi connectivity index (χ0) is 15.1. The van der Waals surface area contributed by atoms with Crippen LogP contribution >= 0.6 is 0 Å². The Hall–Kier alpha value is -1.75. The molecular formula is C15H24N2O3. The number of carbonyl (C=O) groups excluding carboxylic acids is 1. The van der Waals surface area contributed by atoms with E-state index < -0.39 is 6.10 Å². The largest absolute Gasteiger partial charge is 0.494 e. The van der Waals surface area contributed by atoms with Gasteiger partial charge >= 0.3 is 6.03 Å². The van der Waals surface area contributed by atoms with E-state index in [4.69, 9.17) is 4.74 Å². The number of benzene rings is 1. The maximum Gasteiger partial charge on any atom is 0.322 e. The number of aliphatic hydroxyl groups is 1. The Morgan fingerprint density at radius 1 is 1.30 bits per heavy atom. The van der Waals surface area contributed by atoms with Crippen LogP contribution in [0.2, 0.25) is 0 Å². The van der Waals surface area contributed by atoms with Gasteiger partial charge in [-0.05, 0) is 52.0 Å². The minimum absolute atomic E-state index is 0.0206. The van der Waals surface area contributed by atoms with E-state index in [0.29, 0.717) is 18.8 Å². The van der Waals surface area contributed by atoms with Gasteiger partial charge in [-0.15, -0.1) is 0 Å². The van der Waals surface area contributed by atoms with Gasteiger partial charge in [-0.3, -0.25) is 0 Å². The summed E-state index contributed by atoms with van der Waals surface area (Å²) in [7, 11) is 0. The van der Waals surface area contributed by atoms with Crippen LogP contribution in [0.1, 0.15) is 27.7 Å². The summed E-state index contributed by atoms with van der Waals surface area (Å²) in [5.41, 5.74) is 0.703. The van der Waals surface area contributed by atoms with Crippen molar-refractivity contribution in [2.24, 2.45) is 0 Å². The van der Waals surface area contributed by atoms with Crippen molar-refractivity contribution >= 4 is 11.7 Å². The number of nitrogens with zero attached hydrogens (tertiary/aromatic N) is 1. The van der Waals surface area contributed by atoms with Crippen molar-refractivity contribution in [3.05, 3.63) is 24.3 Å². The Morgan fingerprint density at radius 3 is 2.35 bits per heavy atom. The zero-order valence-electron chi connectivity index (χ0n) is 12.6. The Labute approximate surface area is 120 Å². The SMILES string of the molecule is CCOc1ccc(NC(=O)N(CC(C)O)C(C)C)cc1. The summed E-state index contributed by atoms with van der Waals surface area (Å²) in [6, 6.07) is 7.02. The summed E-state index contributed by atoms with van der Waals surface area (Å²) in [5.74, 6) is 0.773. The highest BCUT2D eigenvalue weighted by atomic mass is 16.5. The van der Waals surface area contributed by atoms with E-state index >= 15 is 0 Å². The van der Waals surface area contributed by atoms with Crippen LogP contribution in [0.25, 0.3) is 0 Å². The number of anilines is 1. The lowest BCUT2D eigenvalue weighted by molar-refractivity contribution is 0.125. The molecular weight excluding hydrogens is 256 g/mol. The second-order valence-corrected chi connectivity index (χ2v) is 4.98. The number of hydrogen-bond acceptors (Lipinski definition) is 3. The van der Waals surface area contributed by atoms with Crippen LogP contribution in [-0.4, -0.2) is 41.3 Å². The average Bonchev–Trinajstić information content (AvgIpc) is 2.38. The number of hydrogen-bond donors (Lipinski definition) is 2. The van der Waals surface area contributed by atoms with Crippen LogP contribution in [-0.2, 0) is 0 Å². The quantitative estimate of drug-likeness (QED) is 0.842. The molecule has 20 heavy (non-hydrogen) atoms. The molecule has 5 heteroatoms. The molecule has 0 fully saturated rings. The molecule has 0 bridgehead atoms. The fourth-order valence-electron chi connectivity index (χ4n) is 1.81. The first-order valence-electron chi connectivity index (χ1n) is 6.92. The van der Waals surface area contributed by atoms with E-state index in [1.54, 1.807) is 24.0 Å². The van der Waals surface area contributed by atoms with Crippen LogP contribution in [0.3, 0.4) is 0 Å². The molecule has 2 N–H and O–H groups in total. The number of urea groups is 1. The molecule has 0 aliphatic heterocycles. The molecule has 0 saturated heterocycles. The lowest BCUT2D eigenvalue weighted by Gasteiger charge is -2.28. The average molecular weight is 280 g/mol. The monoisotopic (exact) mass is 280 g/mol. The highest BCUT2D eigenvalue weighted by Gasteiger charge is 2.18. The summed E-state index contributed by atoms with van der Waals surface area (Å²) in [6.07, 6.45) is -0.552. The fourth-order valence-corrected chi connectivity index (χ4v) is 1.81. The molecule has 1 rings (SSSR count). The topological polar surface area (TPSA) is 61.8 Å². The van der Waals surface area contributed by atoms with Crippen molar-refractivity contribution in [2.45, 2.75) is 39.8 Å². The molecule has 5 nitrogen and oxygen atoms in total. The molecule has 0 heterocycles. The predicted molar refractivity (Wildman–Crippen MR) is 80.2 cm³/mol. The molecule has 1 aromatic rings. The minimum Gasteiger partial charge on any atom is -0.494 e. The van der Waals surface area contributed by atoms with Gasteiger partial charge in [-0.1, -0.05) is 0 Å².